The number of rotatable bonds is 4. The summed E-state index contributed by atoms with van der Waals surface area (Å²) in [5.41, 5.74) is 0.0873. The molecule has 0 aromatic carbocycles. The predicted molar refractivity (Wildman–Crippen MR) is 105 cm³/mol. The Kier molecular flexibility index (Phi) is 5.41. The van der Waals surface area contributed by atoms with E-state index in [0.717, 1.165) is 19.3 Å². The Morgan fingerprint density at radius 3 is 2.72 bits per heavy atom. The number of carbonyl (C=O) groups is 3. The van der Waals surface area contributed by atoms with Gasteiger partial charge in [-0.15, -0.1) is 11.6 Å². The molecule has 0 unspecified atom stereocenters. The lowest BCUT2D eigenvalue weighted by Crippen LogP contribution is -2.59. The van der Waals surface area contributed by atoms with Crippen LogP contribution in [-0.2, 0) is 19.1 Å². The highest BCUT2D eigenvalue weighted by Gasteiger charge is 2.66. The van der Waals surface area contributed by atoms with Gasteiger partial charge in [-0.3, -0.25) is 14.4 Å². The van der Waals surface area contributed by atoms with E-state index in [1.165, 1.54) is 11.1 Å². The van der Waals surface area contributed by atoms with Crippen LogP contribution in [0, 0.1) is 23.2 Å². The molecule has 160 valence electrons. The van der Waals surface area contributed by atoms with Crippen molar-refractivity contribution in [1.29, 1.82) is 0 Å². The minimum atomic E-state index is -1.62. The van der Waals surface area contributed by atoms with Gasteiger partial charge in [0.1, 0.15) is 17.3 Å². The lowest BCUT2D eigenvalue weighted by atomic mass is 9.51. The van der Waals surface area contributed by atoms with Crippen LogP contribution in [0.2, 0.25) is 0 Å². The Hall–Kier alpha value is -1.24. The normalized spacial score (nSPS) is 41.4. The third kappa shape index (κ3) is 3.19. The SMILES string of the molecule is C[C@]12C[C@H](O)[C@@H]3C4=C(CC[C@H]3[C@@H]1CC[C@]2(O)C(=O)COC(=O)CCl)CC(=O)CC4. The lowest BCUT2D eigenvalue weighted by Gasteiger charge is -2.55. The van der Waals surface area contributed by atoms with E-state index in [9.17, 15) is 24.6 Å². The summed E-state index contributed by atoms with van der Waals surface area (Å²) in [5, 5.41) is 22.6. The Morgan fingerprint density at radius 2 is 2.00 bits per heavy atom. The molecule has 29 heavy (non-hydrogen) atoms. The molecule has 4 aliphatic rings. The maximum absolute atomic E-state index is 12.9. The Morgan fingerprint density at radius 1 is 1.24 bits per heavy atom. The maximum Gasteiger partial charge on any atom is 0.321 e. The van der Waals surface area contributed by atoms with Crippen LogP contribution in [0.1, 0.15) is 58.3 Å². The van der Waals surface area contributed by atoms with Crippen molar-refractivity contribution >= 4 is 29.1 Å². The van der Waals surface area contributed by atoms with Crippen molar-refractivity contribution in [3.8, 4) is 0 Å². The highest BCUT2D eigenvalue weighted by Crippen LogP contribution is 2.64. The van der Waals surface area contributed by atoms with Crippen LogP contribution in [0.4, 0.5) is 0 Å². The molecule has 6 atom stereocenters. The van der Waals surface area contributed by atoms with Gasteiger partial charge in [0.2, 0.25) is 5.78 Å². The van der Waals surface area contributed by atoms with Gasteiger partial charge in [-0.25, -0.2) is 0 Å². The van der Waals surface area contributed by atoms with E-state index in [4.69, 9.17) is 16.3 Å². The first kappa shape index (κ1) is 21.0. The number of aliphatic hydroxyl groups excluding tert-OH is 1. The van der Waals surface area contributed by atoms with Crippen LogP contribution in [0.3, 0.4) is 0 Å². The molecule has 0 aromatic rings. The van der Waals surface area contributed by atoms with Gasteiger partial charge in [0.15, 0.2) is 6.61 Å². The Balaban J connectivity index is 1.60. The van der Waals surface area contributed by atoms with Crippen molar-refractivity contribution in [3.63, 3.8) is 0 Å². The summed E-state index contributed by atoms with van der Waals surface area (Å²) in [6, 6.07) is 0. The molecular weight excluding hydrogens is 396 g/mol. The monoisotopic (exact) mass is 424 g/mol. The van der Waals surface area contributed by atoms with Gasteiger partial charge in [-0.2, -0.15) is 0 Å². The van der Waals surface area contributed by atoms with Crippen molar-refractivity contribution in [3.05, 3.63) is 11.1 Å². The van der Waals surface area contributed by atoms with Crippen LogP contribution < -0.4 is 0 Å². The number of alkyl halides is 1. The van der Waals surface area contributed by atoms with Crippen LogP contribution in [0.15, 0.2) is 11.1 Å². The molecule has 0 bridgehead atoms. The van der Waals surface area contributed by atoms with E-state index in [0.29, 0.717) is 32.1 Å². The molecular formula is C22H29ClO6. The average molecular weight is 425 g/mol. The summed E-state index contributed by atoms with van der Waals surface area (Å²) in [7, 11) is 0. The molecule has 4 rings (SSSR count). The molecule has 0 aliphatic heterocycles. The molecule has 0 radical (unpaired) electrons. The smallest absolute Gasteiger partial charge is 0.321 e. The van der Waals surface area contributed by atoms with Crippen molar-refractivity contribution in [1.82, 2.24) is 0 Å². The molecule has 0 amide bonds. The molecule has 0 heterocycles. The zero-order valence-corrected chi connectivity index (χ0v) is 17.5. The topological polar surface area (TPSA) is 101 Å². The van der Waals surface area contributed by atoms with E-state index in [2.05, 4.69) is 0 Å². The highest BCUT2D eigenvalue weighted by atomic mass is 35.5. The molecule has 0 aromatic heterocycles. The number of hydrogen-bond donors (Lipinski definition) is 2. The van der Waals surface area contributed by atoms with Crippen molar-refractivity contribution in [2.45, 2.75) is 70.0 Å². The van der Waals surface area contributed by atoms with Crippen LogP contribution in [0.25, 0.3) is 0 Å². The van der Waals surface area contributed by atoms with Crippen molar-refractivity contribution in [2.75, 3.05) is 12.5 Å². The van der Waals surface area contributed by atoms with Gasteiger partial charge in [0.25, 0.3) is 0 Å². The number of carbonyl (C=O) groups excluding carboxylic acids is 3. The maximum atomic E-state index is 12.9. The molecule has 2 saturated carbocycles. The molecule has 4 aliphatic carbocycles. The summed E-state index contributed by atoms with van der Waals surface area (Å²) in [6.45, 7) is 1.41. The van der Waals surface area contributed by atoms with Gasteiger partial charge >= 0.3 is 5.97 Å². The summed E-state index contributed by atoms with van der Waals surface area (Å²) in [5.74, 6) is -0.922. The van der Waals surface area contributed by atoms with Crippen molar-refractivity contribution in [2.24, 2.45) is 23.2 Å². The fourth-order valence-corrected chi connectivity index (χ4v) is 6.97. The zero-order valence-electron chi connectivity index (χ0n) is 16.8. The summed E-state index contributed by atoms with van der Waals surface area (Å²) < 4.78 is 4.89. The summed E-state index contributed by atoms with van der Waals surface area (Å²) in [6.07, 6.45) is 4.22. The summed E-state index contributed by atoms with van der Waals surface area (Å²) >= 11 is 5.42. The van der Waals surface area contributed by atoms with E-state index >= 15 is 0 Å². The number of ether oxygens (including phenoxy) is 1. The second-order valence-corrected chi connectivity index (χ2v) is 9.75. The third-order valence-corrected chi connectivity index (χ3v) is 8.48. The number of hydrogen-bond acceptors (Lipinski definition) is 6. The number of fused-ring (bicyclic) bond motifs is 4. The molecule has 6 nitrogen and oxygen atoms in total. The van der Waals surface area contributed by atoms with E-state index in [1.807, 2.05) is 6.92 Å². The lowest BCUT2D eigenvalue weighted by molar-refractivity contribution is -0.173. The predicted octanol–water partition coefficient (Wildman–Crippen LogP) is 2.33. The number of aliphatic hydroxyl groups is 2. The number of esters is 1. The van der Waals surface area contributed by atoms with Gasteiger partial charge < -0.3 is 14.9 Å². The third-order valence-electron chi connectivity index (χ3n) is 8.26. The number of ketones is 2. The fraction of sp³-hybridized carbons (Fsp3) is 0.773. The number of halogens is 1. The zero-order chi connectivity index (χ0) is 21.0. The number of Topliss-reactive ketones (excluding diaryl/α,β-unsaturated/α-hetero) is 2. The van der Waals surface area contributed by atoms with Gasteiger partial charge in [0, 0.05) is 24.2 Å². The first-order valence-corrected chi connectivity index (χ1v) is 11.1. The van der Waals surface area contributed by atoms with Gasteiger partial charge in [0.05, 0.1) is 6.10 Å². The molecule has 0 saturated heterocycles. The second kappa shape index (κ2) is 7.47. The highest BCUT2D eigenvalue weighted by molar-refractivity contribution is 6.26. The minimum Gasteiger partial charge on any atom is -0.457 e. The Labute approximate surface area is 175 Å². The van der Waals surface area contributed by atoms with Gasteiger partial charge in [-0.05, 0) is 50.4 Å². The van der Waals surface area contributed by atoms with E-state index in [-0.39, 0.29) is 29.4 Å². The largest absolute Gasteiger partial charge is 0.457 e. The Bertz CT molecular complexity index is 775. The minimum absolute atomic E-state index is 0.0245. The van der Waals surface area contributed by atoms with Crippen LogP contribution >= 0.6 is 11.6 Å². The summed E-state index contributed by atoms with van der Waals surface area (Å²) in [4.78, 5) is 36.1. The van der Waals surface area contributed by atoms with Gasteiger partial charge in [-0.1, -0.05) is 18.1 Å². The molecule has 0 spiro atoms. The quantitative estimate of drug-likeness (QED) is 0.408. The van der Waals surface area contributed by atoms with E-state index in [1.54, 1.807) is 0 Å². The van der Waals surface area contributed by atoms with Crippen LogP contribution in [0.5, 0.6) is 0 Å². The first-order valence-electron chi connectivity index (χ1n) is 10.6. The average Bonchev–Trinajstić information content (AvgIpc) is 2.96. The fourth-order valence-electron chi connectivity index (χ4n) is 6.90. The standard InChI is InChI=1S/C22H29ClO6/c1-21-9-17(25)20-14-5-3-13(24)8-12(14)2-4-15(20)16(21)6-7-22(21,28)18(26)11-29-19(27)10-23/h15-17,20,25,28H,2-11H2,1H3/t15-,16-,17-,20+,21-,22-/m0/s1. The second-order valence-electron chi connectivity index (χ2n) is 9.48. The molecule has 2 fully saturated rings. The molecule has 2 N–H and O–H groups in total. The number of allylic oxidation sites excluding steroid dienone is 1. The van der Waals surface area contributed by atoms with Crippen LogP contribution in [-0.4, -0.2) is 51.9 Å². The first-order chi connectivity index (χ1) is 13.7. The van der Waals surface area contributed by atoms with Crippen molar-refractivity contribution < 1.29 is 29.3 Å². The van der Waals surface area contributed by atoms with E-state index < -0.39 is 35.5 Å². The molecule has 7 heteroatoms.